The van der Waals surface area contributed by atoms with Crippen LogP contribution >= 0.6 is 15.6 Å². The molecular weight excluding hydrogens is 404 g/mol. The fraction of sp³-hybridized carbons (Fsp3) is 0.556. The fourth-order valence-corrected chi connectivity index (χ4v) is 3.67. The summed E-state index contributed by atoms with van der Waals surface area (Å²) in [6.45, 7) is -0.939. The van der Waals surface area contributed by atoms with Crippen molar-refractivity contribution in [1.82, 2.24) is 9.55 Å². The van der Waals surface area contributed by atoms with E-state index in [0.29, 0.717) is 4.57 Å². The molecule has 0 saturated carbocycles. The number of aliphatic hydroxyl groups excluding tert-OH is 2. The van der Waals surface area contributed by atoms with Crippen LogP contribution in [0.4, 0.5) is 5.82 Å². The summed E-state index contributed by atoms with van der Waals surface area (Å²) in [5.74, 6) is -1.08. The van der Waals surface area contributed by atoms with E-state index in [1.807, 2.05) is 0 Å². The Morgan fingerprint density at radius 1 is 1.27 bits per heavy atom. The van der Waals surface area contributed by atoms with Crippen LogP contribution < -0.4 is 11.4 Å². The van der Waals surface area contributed by atoms with Crippen molar-refractivity contribution in [3.05, 3.63) is 16.7 Å². The van der Waals surface area contributed by atoms with Crippen LogP contribution in [0.2, 0.25) is 0 Å². The highest BCUT2D eigenvalue weighted by Crippen LogP contribution is 2.57. The lowest BCUT2D eigenvalue weighted by molar-refractivity contribution is -0.0543. The molecule has 1 aromatic heterocycles. The molecule has 5 atom stereocenters. The number of nitrogens with zero attached hydrogens (tertiary/aromatic N) is 2. The molecule has 2 rings (SSSR count). The number of aliphatic hydroxyl groups is 2. The van der Waals surface area contributed by atoms with Crippen molar-refractivity contribution >= 4 is 21.5 Å². The van der Waals surface area contributed by atoms with Crippen LogP contribution in [0.3, 0.4) is 0 Å². The molecule has 1 saturated heterocycles. The van der Waals surface area contributed by atoms with E-state index in [1.54, 1.807) is 0 Å². The highest BCUT2D eigenvalue weighted by Gasteiger charge is 2.46. The van der Waals surface area contributed by atoms with Crippen molar-refractivity contribution in [1.29, 1.82) is 0 Å². The third kappa shape index (κ3) is 4.86. The molecule has 148 valence electrons. The molecule has 1 fully saturated rings. The number of aromatic nitrogens is 2. The Balaban J connectivity index is 2.13. The van der Waals surface area contributed by atoms with Gasteiger partial charge in [0, 0.05) is 0 Å². The maximum atomic E-state index is 11.8. The molecule has 0 bridgehead atoms. The smallest absolute Gasteiger partial charge is 0.481 e. The normalized spacial score (nSPS) is 28.8. The highest BCUT2D eigenvalue weighted by molar-refractivity contribution is 7.60. The third-order valence-corrected chi connectivity index (χ3v) is 5.34. The van der Waals surface area contributed by atoms with Gasteiger partial charge < -0.3 is 40.5 Å². The molecule has 26 heavy (non-hydrogen) atoms. The van der Waals surface area contributed by atoms with Gasteiger partial charge in [-0.25, -0.2) is 13.9 Å². The van der Waals surface area contributed by atoms with Gasteiger partial charge in [-0.15, -0.1) is 0 Å². The zero-order chi connectivity index (χ0) is 19.9. The average molecular weight is 419 g/mol. The maximum absolute atomic E-state index is 11.8. The van der Waals surface area contributed by atoms with Crippen molar-refractivity contribution in [2.45, 2.75) is 24.5 Å². The first-order valence-electron chi connectivity index (χ1n) is 6.64. The molecule has 0 amide bonds. The summed E-state index contributed by atoms with van der Waals surface area (Å²) in [5.41, 5.74) is 4.21. The molecule has 0 aliphatic carbocycles. The van der Waals surface area contributed by atoms with E-state index in [1.165, 1.54) is 0 Å². The summed E-state index contributed by atoms with van der Waals surface area (Å²) < 4.78 is 35.5. The Kier molecular flexibility index (Phi) is 5.90. The predicted octanol–water partition coefficient (Wildman–Crippen LogP) is -2.62. The lowest BCUT2D eigenvalue weighted by Crippen LogP contribution is -2.36. The third-order valence-electron chi connectivity index (χ3n) is 3.18. The number of ether oxygens (including phenoxy) is 1. The number of hydrogen-bond acceptors (Lipinski definition) is 11. The quantitative estimate of drug-likeness (QED) is 0.233. The Hall–Kier alpha value is -1.38. The number of aromatic hydroxyl groups is 1. The lowest BCUT2D eigenvalue weighted by atomic mass is 10.1. The van der Waals surface area contributed by atoms with Gasteiger partial charge in [0.1, 0.15) is 18.3 Å². The molecule has 8 N–H and O–H groups in total. The van der Waals surface area contributed by atoms with Gasteiger partial charge in [-0.3, -0.25) is 9.09 Å². The van der Waals surface area contributed by atoms with Crippen LogP contribution in [0.5, 0.6) is 5.75 Å². The predicted molar refractivity (Wildman–Crippen MR) is 79.4 cm³/mol. The van der Waals surface area contributed by atoms with Crippen LogP contribution in [0.25, 0.3) is 0 Å². The second kappa shape index (κ2) is 7.32. The van der Waals surface area contributed by atoms with E-state index in [4.69, 9.17) is 25.2 Å². The zero-order valence-electron chi connectivity index (χ0n) is 12.6. The topological polar surface area (TPSA) is 244 Å². The average Bonchev–Trinajstić information content (AvgIpc) is 2.75. The Morgan fingerprint density at radius 3 is 2.46 bits per heavy atom. The number of anilines is 1. The minimum absolute atomic E-state index is 0.477. The summed E-state index contributed by atoms with van der Waals surface area (Å²) in [7, 11) is -10.5. The number of nitrogen functional groups attached to an aromatic ring is 1. The summed E-state index contributed by atoms with van der Waals surface area (Å²) in [4.78, 5) is 41.2. The van der Waals surface area contributed by atoms with E-state index >= 15 is 0 Å². The van der Waals surface area contributed by atoms with Gasteiger partial charge in [0.25, 0.3) is 0 Å². The molecular formula is C9H15N3O12P2. The van der Waals surface area contributed by atoms with Crippen molar-refractivity contribution < 1.29 is 52.7 Å². The van der Waals surface area contributed by atoms with Gasteiger partial charge in [-0.1, -0.05) is 0 Å². The molecule has 1 aromatic rings. The summed E-state index contributed by atoms with van der Waals surface area (Å²) in [5, 5.41) is 29.3. The van der Waals surface area contributed by atoms with Gasteiger partial charge in [0.05, 0.1) is 12.8 Å². The summed E-state index contributed by atoms with van der Waals surface area (Å²) in [6.07, 6.45) is -5.75. The number of nitrogens with two attached hydrogens (primary N) is 1. The van der Waals surface area contributed by atoms with Crippen molar-refractivity contribution in [2.75, 3.05) is 12.3 Å². The maximum Gasteiger partial charge on any atom is 0.481 e. The molecule has 0 spiro atoms. The van der Waals surface area contributed by atoms with Crippen LogP contribution in [0, 0.1) is 0 Å². The largest absolute Gasteiger partial charge is 0.503 e. The second-order valence-corrected chi connectivity index (χ2v) is 7.91. The van der Waals surface area contributed by atoms with Gasteiger partial charge >= 0.3 is 21.3 Å². The number of phosphoric acid groups is 2. The van der Waals surface area contributed by atoms with Crippen LogP contribution in [0.1, 0.15) is 6.23 Å². The molecule has 1 aliphatic heterocycles. The minimum Gasteiger partial charge on any atom is -0.503 e. The highest BCUT2D eigenvalue weighted by atomic mass is 31.3. The summed E-state index contributed by atoms with van der Waals surface area (Å²) >= 11 is 0. The first-order valence-corrected chi connectivity index (χ1v) is 9.67. The second-order valence-electron chi connectivity index (χ2n) is 5.08. The monoisotopic (exact) mass is 419 g/mol. The molecule has 3 unspecified atom stereocenters. The molecule has 17 heteroatoms. The van der Waals surface area contributed by atoms with E-state index in [2.05, 4.69) is 13.8 Å². The van der Waals surface area contributed by atoms with Gasteiger partial charge in [-0.2, -0.15) is 9.29 Å². The van der Waals surface area contributed by atoms with Gasteiger partial charge in [-0.05, 0) is 0 Å². The van der Waals surface area contributed by atoms with Crippen LogP contribution in [-0.4, -0.2) is 64.5 Å². The lowest BCUT2D eigenvalue weighted by Gasteiger charge is -2.18. The van der Waals surface area contributed by atoms with Crippen LogP contribution in [-0.2, 0) is 22.7 Å². The number of rotatable bonds is 6. The van der Waals surface area contributed by atoms with Crippen LogP contribution in [0.15, 0.2) is 11.0 Å². The molecule has 0 radical (unpaired) electrons. The van der Waals surface area contributed by atoms with Gasteiger partial charge in [0.15, 0.2) is 17.8 Å². The first kappa shape index (κ1) is 20.9. The van der Waals surface area contributed by atoms with Crippen molar-refractivity contribution in [2.24, 2.45) is 0 Å². The van der Waals surface area contributed by atoms with Crippen molar-refractivity contribution in [3.8, 4) is 5.75 Å². The van der Waals surface area contributed by atoms with E-state index in [9.17, 15) is 29.2 Å². The minimum atomic E-state index is -5.34. The van der Waals surface area contributed by atoms with E-state index < -0.39 is 64.0 Å². The Morgan fingerprint density at radius 2 is 1.88 bits per heavy atom. The van der Waals surface area contributed by atoms with Crippen molar-refractivity contribution in [3.63, 3.8) is 0 Å². The summed E-state index contributed by atoms with van der Waals surface area (Å²) in [6, 6.07) is 0. The SMILES string of the molecule is Nc1nc(=O)n([C@@H]2O[C@H](COP(=O)(O)OP(=O)(O)O)C(O)C2O)cc1O. The molecule has 15 nitrogen and oxygen atoms in total. The van der Waals surface area contributed by atoms with E-state index in [0.717, 1.165) is 6.20 Å². The zero-order valence-corrected chi connectivity index (χ0v) is 14.4. The molecule has 0 aromatic carbocycles. The Labute approximate surface area is 144 Å². The molecule has 1 aliphatic rings. The number of hydrogen-bond donors (Lipinski definition) is 7. The van der Waals surface area contributed by atoms with E-state index in [-0.39, 0.29) is 0 Å². The first-order chi connectivity index (χ1) is 11.8. The Bertz CT molecular complexity index is 823. The fourth-order valence-electron chi connectivity index (χ4n) is 2.08. The van der Waals surface area contributed by atoms with Gasteiger partial charge in [0.2, 0.25) is 0 Å². The number of phosphoric ester groups is 1. The molecule has 2 heterocycles. The standard InChI is InChI=1S/C9H15N3O12P2/c10-7-3(13)1-12(9(16)11-7)8-6(15)5(14)4(23-8)2-22-26(20,21)24-25(17,18)19/h1,4-6,8,13-15H,2H2,(H,20,21)(H2,10,11,16)(H2,17,18,19)/t4-,5?,6?,8-/m1/s1.